The zero-order chi connectivity index (χ0) is 19.5. The third-order valence-corrected chi connectivity index (χ3v) is 6.72. The number of carbonyl (C=O) groups excluding carboxylic acids is 1. The van der Waals surface area contributed by atoms with Crippen molar-refractivity contribution in [1.29, 1.82) is 0 Å². The van der Waals surface area contributed by atoms with Gasteiger partial charge in [0, 0.05) is 25.0 Å². The summed E-state index contributed by atoms with van der Waals surface area (Å²) in [6.45, 7) is 4.30. The summed E-state index contributed by atoms with van der Waals surface area (Å²) in [4.78, 5) is 17.5. The number of fused-ring (bicyclic) bond motifs is 1. The zero-order valence-electron chi connectivity index (χ0n) is 17.2. The lowest BCUT2D eigenvalue weighted by molar-refractivity contribution is -0.120. The average molecular weight is 374 g/mol. The normalized spacial score (nSPS) is 20.9. The Morgan fingerprint density at radius 3 is 2.79 bits per heavy atom. The molecule has 28 heavy (non-hydrogen) atoms. The summed E-state index contributed by atoms with van der Waals surface area (Å²) < 4.78 is 0. The Hall–Kier alpha value is -2.22. The van der Waals surface area contributed by atoms with Gasteiger partial charge in [-0.2, -0.15) is 0 Å². The first-order chi connectivity index (χ1) is 13.6. The van der Waals surface area contributed by atoms with E-state index in [1.54, 1.807) is 0 Å². The van der Waals surface area contributed by atoms with Crippen LogP contribution in [0.1, 0.15) is 78.0 Å². The van der Waals surface area contributed by atoms with Crippen molar-refractivity contribution in [3.63, 3.8) is 0 Å². The fourth-order valence-corrected chi connectivity index (χ4v) is 5.19. The van der Waals surface area contributed by atoms with Crippen LogP contribution < -0.4 is 0 Å². The second-order valence-electron chi connectivity index (χ2n) is 8.72. The molecule has 2 aliphatic rings. The van der Waals surface area contributed by atoms with Gasteiger partial charge in [-0.05, 0) is 85.8 Å². The third-order valence-electron chi connectivity index (χ3n) is 6.72. The summed E-state index contributed by atoms with van der Waals surface area (Å²) in [5, 5.41) is 0. The maximum atomic E-state index is 12.7. The Kier molecular flexibility index (Phi) is 5.75. The van der Waals surface area contributed by atoms with Crippen molar-refractivity contribution in [2.75, 3.05) is 0 Å². The number of Topliss-reactive ketones (excluding diaryl/α,β-unsaturated/α-hetero) is 1. The lowest BCUT2D eigenvalue weighted by atomic mass is 9.76. The number of aryl methyl sites for hydroxylation is 2. The van der Waals surface area contributed by atoms with E-state index in [2.05, 4.69) is 50.3 Å². The first-order valence-corrected chi connectivity index (χ1v) is 10.8. The number of rotatable bonds is 6. The summed E-state index contributed by atoms with van der Waals surface area (Å²) in [5.74, 6) is 1.47. The van der Waals surface area contributed by atoms with Crippen LogP contribution in [0, 0.1) is 19.8 Å². The Bertz CT molecular complexity index is 875. The molecule has 2 heteroatoms. The molecule has 146 valence electrons. The second-order valence-corrected chi connectivity index (χ2v) is 8.72. The highest BCUT2D eigenvalue weighted by Crippen LogP contribution is 2.40. The predicted octanol–water partition coefficient (Wildman–Crippen LogP) is 6.13. The summed E-state index contributed by atoms with van der Waals surface area (Å²) in [6.07, 6.45) is 14.5. The van der Waals surface area contributed by atoms with Gasteiger partial charge >= 0.3 is 0 Å². The predicted molar refractivity (Wildman–Crippen MR) is 116 cm³/mol. The number of ketones is 1. The molecule has 2 atom stereocenters. The fourth-order valence-electron chi connectivity index (χ4n) is 5.19. The largest absolute Gasteiger partial charge is 0.300 e. The van der Waals surface area contributed by atoms with Crippen molar-refractivity contribution < 1.29 is 4.79 Å². The number of benzene rings is 1. The summed E-state index contributed by atoms with van der Waals surface area (Å²) >= 11 is 0. The minimum absolute atomic E-state index is 0.430. The number of nitrogens with zero attached hydrogens (tertiary/aromatic N) is 1. The molecule has 0 bridgehead atoms. The molecule has 1 fully saturated rings. The minimum atomic E-state index is 0.430. The monoisotopic (exact) mass is 373 g/mol. The van der Waals surface area contributed by atoms with Crippen LogP contribution in [0.4, 0.5) is 0 Å². The first-order valence-electron chi connectivity index (χ1n) is 10.8. The molecule has 0 radical (unpaired) electrons. The van der Waals surface area contributed by atoms with Crippen LogP contribution in [-0.4, -0.2) is 10.8 Å². The molecule has 1 heterocycles. The van der Waals surface area contributed by atoms with Crippen LogP contribution in [-0.2, 0) is 17.6 Å². The standard InChI is InChI=1S/C26H31NO/c1-18-6-3-7-19(2)24(18)13-12-23(28)17-20-8-4-10-22(16-20)26-25-11-5-9-21(25)14-15-27-26/h3,5-7,11,14-15,20,22H,4,8-10,12-13,16-17H2,1-2H3/t20-,22?/m1/s1. The molecule has 2 aliphatic carbocycles. The molecule has 0 N–H and O–H groups in total. The zero-order valence-corrected chi connectivity index (χ0v) is 17.2. The summed E-state index contributed by atoms with van der Waals surface area (Å²) in [6, 6.07) is 8.55. The van der Waals surface area contributed by atoms with Crippen molar-refractivity contribution in [1.82, 2.24) is 4.98 Å². The van der Waals surface area contributed by atoms with E-state index in [1.165, 1.54) is 52.8 Å². The van der Waals surface area contributed by atoms with Crippen molar-refractivity contribution in [3.05, 3.63) is 70.0 Å². The Morgan fingerprint density at radius 1 is 1.14 bits per heavy atom. The molecule has 0 saturated heterocycles. The molecule has 1 aromatic carbocycles. The quantitative estimate of drug-likeness (QED) is 0.609. The van der Waals surface area contributed by atoms with E-state index in [0.717, 1.165) is 25.7 Å². The maximum absolute atomic E-state index is 12.7. The van der Waals surface area contributed by atoms with Crippen LogP contribution >= 0.6 is 0 Å². The number of aromatic nitrogens is 1. The highest BCUT2D eigenvalue weighted by Gasteiger charge is 2.28. The van der Waals surface area contributed by atoms with Crippen molar-refractivity contribution in [3.8, 4) is 0 Å². The smallest absolute Gasteiger partial charge is 0.133 e. The highest BCUT2D eigenvalue weighted by atomic mass is 16.1. The number of allylic oxidation sites excluding steroid dienone is 1. The molecular weight excluding hydrogens is 342 g/mol. The van der Waals surface area contributed by atoms with Crippen LogP contribution in [0.5, 0.6) is 0 Å². The van der Waals surface area contributed by atoms with Gasteiger partial charge in [-0.25, -0.2) is 0 Å². The summed E-state index contributed by atoms with van der Waals surface area (Å²) in [7, 11) is 0. The Balaban J connectivity index is 1.36. The lowest BCUT2D eigenvalue weighted by Gasteiger charge is -2.29. The van der Waals surface area contributed by atoms with Crippen LogP contribution in [0.15, 0.2) is 36.5 Å². The van der Waals surface area contributed by atoms with Crippen LogP contribution in [0.3, 0.4) is 0 Å². The number of hydrogen-bond acceptors (Lipinski definition) is 2. The fraction of sp³-hybridized carbons (Fsp3) is 0.462. The van der Waals surface area contributed by atoms with E-state index < -0.39 is 0 Å². The van der Waals surface area contributed by atoms with E-state index in [9.17, 15) is 4.79 Å². The van der Waals surface area contributed by atoms with Crippen molar-refractivity contribution >= 4 is 11.9 Å². The van der Waals surface area contributed by atoms with Crippen LogP contribution in [0.2, 0.25) is 0 Å². The topological polar surface area (TPSA) is 30.0 Å². The highest BCUT2D eigenvalue weighted by molar-refractivity contribution is 5.79. The van der Waals surface area contributed by atoms with Gasteiger partial charge in [-0.1, -0.05) is 36.8 Å². The molecular formula is C26H31NO. The molecule has 1 saturated carbocycles. The number of pyridine rings is 1. The van der Waals surface area contributed by atoms with Crippen molar-refractivity contribution in [2.45, 2.75) is 71.1 Å². The van der Waals surface area contributed by atoms with Gasteiger partial charge in [0.15, 0.2) is 0 Å². The Morgan fingerprint density at radius 2 is 1.96 bits per heavy atom. The number of carbonyl (C=O) groups is 1. The van der Waals surface area contributed by atoms with Gasteiger partial charge in [0.05, 0.1) is 5.69 Å². The molecule has 2 aromatic rings. The SMILES string of the molecule is Cc1cccc(C)c1CCC(=O)C[C@@H]1CCCC(c2nccc3c2C=CC3)C1. The molecule has 0 aliphatic heterocycles. The number of hydrogen-bond donors (Lipinski definition) is 0. The van der Waals surface area contributed by atoms with E-state index in [1.807, 2.05) is 6.20 Å². The molecule has 1 aromatic heterocycles. The molecule has 1 unspecified atom stereocenters. The first kappa shape index (κ1) is 19.1. The van der Waals surface area contributed by atoms with Gasteiger partial charge in [0.25, 0.3) is 0 Å². The second kappa shape index (κ2) is 8.43. The summed E-state index contributed by atoms with van der Waals surface area (Å²) in [5.41, 5.74) is 8.02. The molecule has 0 amide bonds. The molecule has 2 nitrogen and oxygen atoms in total. The Labute approximate surface area is 169 Å². The van der Waals surface area contributed by atoms with Crippen molar-refractivity contribution in [2.24, 2.45) is 5.92 Å². The maximum Gasteiger partial charge on any atom is 0.133 e. The van der Waals surface area contributed by atoms with Gasteiger partial charge in [-0.15, -0.1) is 0 Å². The van der Waals surface area contributed by atoms with E-state index in [0.29, 0.717) is 24.0 Å². The minimum Gasteiger partial charge on any atom is -0.300 e. The van der Waals surface area contributed by atoms with Gasteiger partial charge < -0.3 is 0 Å². The average Bonchev–Trinajstić information content (AvgIpc) is 3.16. The molecule has 0 spiro atoms. The van der Waals surface area contributed by atoms with E-state index >= 15 is 0 Å². The van der Waals surface area contributed by atoms with Gasteiger partial charge in [-0.3, -0.25) is 9.78 Å². The molecule has 4 rings (SSSR count). The van der Waals surface area contributed by atoms with Crippen LogP contribution in [0.25, 0.3) is 6.08 Å². The van der Waals surface area contributed by atoms with E-state index in [4.69, 9.17) is 4.98 Å². The third kappa shape index (κ3) is 4.11. The van der Waals surface area contributed by atoms with Gasteiger partial charge in [0.2, 0.25) is 0 Å². The lowest BCUT2D eigenvalue weighted by Crippen LogP contribution is -2.19. The van der Waals surface area contributed by atoms with E-state index in [-0.39, 0.29) is 0 Å². The van der Waals surface area contributed by atoms with Gasteiger partial charge in [0.1, 0.15) is 5.78 Å².